The van der Waals surface area contributed by atoms with E-state index >= 15 is 0 Å². The van der Waals surface area contributed by atoms with Crippen LogP contribution in [0.3, 0.4) is 0 Å². The molecule has 0 radical (unpaired) electrons. The molecular weight excluding hydrogens is 232 g/mol. The molecule has 2 heterocycles. The lowest BCUT2D eigenvalue weighted by molar-refractivity contribution is 0.427. The van der Waals surface area contributed by atoms with Crippen molar-refractivity contribution in [1.29, 1.82) is 0 Å². The van der Waals surface area contributed by atoms with E-state index in [2.05, 4.69) is 35.7 Å². The molecule has 0 aliphatic heterocycles. The van der Waals surface area contributed by atoms with Crippen LogP contribution in [0.4, 0.5) is 0 Å². The fraction of sp³-hybridized carbons (Fsp3) is 0. The number of halogens is 1. The van der Waals surface area contributed by atoms with Crippen LogP contribution in [0.15, 0.2) is 15.5 Å². The summed E-state index contributed by atoms with van der Waals surface area (Å²) in [5, 5.41) is 7.19. The Morgan fingerprint density at radius 2 is 2.45 bits per heavy atom. The van der Waals surface area contributed by atoms with Crippen LogP contribution < -0.4 is 0 Å². The molecule has 0 bridgehead atoms. The molecule has 0 fully saturated rings. The average Bonchev–Trinajstić information content (AvgIpc) is 2.55. The average molecular weight is 233 g/mol. The van der Waals surface area contributed by atoms with Gasteiger partial charge < -0.3 is 4.52 Å². The Hall–Kier alpha value is -0.820. The van der Waals surface area contributed by atoms with Gasteiger partial charge in [-0.05, 0) is 32.6 Å². The molecule has 0 atom stereocenters. The van der Waals surface area contributed by atoms with E-state index in [-0.39, 0.29) is 0 Å². The summed E-state index contributed by atoms with van der Waals surface area (Å²) < 4.78 is 8.92. The molecule has 2 aromatic heterocycles. The van der Waals surface area contributed by atoms with Gasteiger partial charge in [0.1, 0.15) is 4.88 Å². The maximum absolute atomic E-state index is 4.83. The van der Waals surface area contributed by atoms with Crippen molar-refractivity contribution in [1.82, 2.24) is 19.7 Å². The van der Waals surface area contributed by atoms with Crippen LogP contribution in [0.2, 0.25) is 0 Å². The number of aromatic nitrogens is 4. The molecule has 11 heavy (non-hydrogen) atoms. The van der Waals surface area contributed by atoms with Gasteiger partial charge >= 0.3 is 0 Å². The minimum absolute atomic E-state index is 0.431. The molecular formula is C4HBrN4OS. The van der Waals surface area contributed by atoms with Crippen LogP contribution in [0, 0.1) is 0 Å². The van der Waals surface area contributed by atoms with Gasteiger partial charge in [0, 0.05) is 0 Å². The molecule has 0 amide bonds. The fourth-order valence-electron chi connectivity index (χ4n) is 0.567. The predicted octanol–water partition coefficient (Wildman–Crippen LogP) is 1.35. The summed E-state index contributed by atoms with van der Waals surface area (Å²) in [6, 6.07) is 0. The van der Waals surface area contributed by atoms with Crippen molar-refractivity contribution in [3.63, 3.8) is 0 Å². The van der Waals surface area contributed by atoms with Gasteiger partial charge in [0.2, 0.25) is 4.73 Å². The molecule has 56 valence electrons. The topological polar surface area (TPSA) is 64.7 Å². The lowest BCUT2D eigenvalue weighted by Crippen LogP contribution is -1.68. The van der Waals surface area contributed by atoms with E-state index in [1.165, 1.54) is 11.5 Å². The van der Waals surface area contributed by atoms with Crippen LogP contribution in [-0.4, -0.2) is 19.7 Å². The summed E-state index contributed by atoms with van der Waals surface area (Å²) >= 11 is 4.28. The Bertz CT molecular complexity index is 345. The van der Waals surface area contributed by atoms with Crippen LogP contribution in [0.5, 0.6) is 0 Å². The van der Waals surface area contributed by atoms with E-state index in [0.29, 0.717) is 10.6 Å². The summed E-state index contributed by atoms with van der Waals surface area (Å²) in [6.45, 7) is 0. The molecule has 0 N–H and O–H groups in total. The van der Waals surface area contributed by atoms with Crippen molar-refractivity contribution in [2.45, 2.75) is 0 Å². The molecule has 0 spiro atoms. The second kappa shape index (κ2) is 2.67. The van der Waals surface area contributed by atoms with E-state index in [4.69, 9.17) is 4.52 Å². The van der Waals surface area contributed by atoms with E-state index in [1.807, 2.05) is 0 Å². The number of rotatable bonds is 1. The van der Waals surface area contributed by atoms with Gasteiger partial charge in [-0.1, -0.05) is 4.49 Å². The first-order valence-corrected chi connectivity index (χ1v) is 4.20. The summed E-state index contributed by atoms with van der Waals surface area (Å²) in [6.07, 6.45) is 1.57. The molecule has 2 aromatic rings. The lowest BCUT2D eigenvalue weighted by Gasteiger charge is -1.77. The van der Waals surface area contributed by atoms with Gasteiger partial charge in [0.05, 0.1) is 6.20 Å². The van der Waals surface area contributed by atoms with Gasteiger partial charge in [-0.2, -0.15) is 4.98 Å². The smallest absolute Gasteiger partial charge is 0.272 e. The molecule has 5 nitrogen and oxygen atoms in total. The highest BCUT2D eigenvalue weighted by atomic mass is 79.9. The molecule has 0 saturated heterocycles. The van der Waals surface area contributed by atoms with Gasteiger partial charge in [-0.15, -0.1) is 5.10 Å². The van der Waals surface area contributed by atoms with Gasteiger partial charge in [-0.25, -0.2) is 0 Å². The van der Waals surface area contributed by atoms with Crippen LogP contribution in [-0.2, 0) is 0 Å². The quantitative estimate of drug-likeness (QED) is 0.743. The second-order valence-electron chi connectivity index (χ2n) is 1.65. The Morgan fingerprint density at radius 3 is 3.00 bits per heavy atom. The zero-order chi connectivity index (χ0) is 7.68. The Balaban J connectivity index is 2.45. The predicted molar refractivity (Wildman–Crippen MR) is 40.9 cm³/mol. The maximum atomic E-state index is 4.83. The Labute approximate surface area is 73.7 Å². The number of nitrogens with zero attached hydrogens (tertiary/aromatic N) is 4. The molecule has 0 saturated carbocycles. The fourth-order valence-corrected chi connectivity index (χ4v) is 1.24. The summed E-state index contributed by atoms with van der Waals surface area (Å²) in [7, 11) is 0. The van der Waals surface area contributed by atoms with Crippen molar-refractivity contribution < 1.29 is 4.52 Å². The van der Waals surface area contributed by atoms with E-state index < -0.39 is 0 Å². The first kappa shape index (κ1) is 6.86. The number of hydrogen-bond acceptors (Lipinski definition) is 6. The largest absolute Gasteiger partial charge is 0.332 e. The monoisotopic (exact) mass is 232 g/mol. The lowest BCUT2D eigenvalue weighted by atomic mass is 10.6. The Kier molecular flexibility index (Phi) is 1.66. The third-order valence-corrected chi connectivity index (χ3v) is 1.95. The molecule has 7 heteroatoms. The van der Waals surface area contributed by atoms with Crippen LogP contribution in [0.1, 0.15) is 0 Å². The third-order valence-electron chi connectivity index (χ3n) is 0.973. The molecule has 0 aliphatic rings. The zero-order valence-corrected chi connectivity index (χ0v) is 7.46. The standard InChI is InChI=1S/C4HBrN4OS/c5-4-7-3(10-8-4)2-1-6-9-11-2/h1H. The van der Waals surface area contributed by atoms with E-state index in [0.717, 1.165) is 4.88 Å². The van der Waals surface area contributed by atoms with Gasteiger partial charge in [0.15, 0.2) is 0 Å². The molecule has 0 aliphatic carbocycles. The summed E-state index contributed by atoms with van der Waals surface area (Å²) in [5.41, 5.74) is 0. The molecule has 2 rings (SSSR count). The van der Waals surface area contributed by atoms with Crippen molar-refractivity contribution in [2.24, 2.45) is 0 Å². The van der Waals surface area contributed by atoms with Crippen LogP contribution in [0.25, 0.3) is 10.8 Å². The maximum Gasteiger partial charge on any atom is 0.272 e. The van der Waals surface area contributed by atoms with Gasteiger partial charge in [0.25, 0.3) is 5.89 Å². The van der Waals surface area contributed by atoms with Crippen molar-refractivity contribution >= 4 is 27.5 Å². The molecule has 0 unspecified atom stereocenters. The first-order chi connectivity index (χ1) is 5.36. The minimum Gasteiger partial charge on any atom is -0.332 e. The van der Waals surface area contributed by atoms with Crippen molar-refractivity contribution in [2.75, 3.05) is 0 Å². The first-order valence-electron chi connectivity index (χ1n) is 2.63. The Morgan fingerprint density at radius 1 is 1.55 bits per heavy atom. The second-order valence-corrected chi connectivity index (χ2v) is 3.15. The molecule has 0 aromatic carbocycles. The summed E-state index contributed by atoms with van der Waals surface area (Å²) in [4.78, 5) is 4.69. The van der Waals surface area contributed by atoms with E-state index in [1.54, 1.807) is 6.20 Å². The zero-order valence-electron chi connectivity index (χ0n) is 5.06. The van der Waals surface area contributed by atoms with Crippen LogP contribution >= 0.6 is 27.5 Å². The SMILES string of the molecule is Brc1noc(-c2cnns2)n1. The highest BCUT2D eigenvalue weighted by molar-refractivity contribution is 9.10. The van der Waals surface area contributed by atoms with Gasteiger partial charge in [-0.3, -0.25) is 0 Å². The summed E-state index contributed by atoms with van der Waals surface area (Å²) in [5.74, 6) is 0.437. The minimum atomic E-state index is 0.431. The van der Waals surface area contributed by atoms with Crippen molar-refractivity contribution in [3.8, 4) is 10.8 Å². The normalized spacial score (nSPS) is 10.3. The third kappa shape index (κ3) is 1.29. The highest BCUT2D eigenvalue weighted by Crippen LogP contribution is 2.20. The van der Waals surface area contributed by atoms with Crippen molar-refractivity contribution in [3.05, 3.63) is 10.9 Å². The number of hydrogen-bond donors (Lipinski definition) is 0. The highest BCUT2D eigenvalue weighted by Gasteiger charge is 2.08. The van der Waals surface area contributed by atoms with E-state index in [9.17, 15) is 0 Å².